The van der Waals surface area contributed by atoms with Crippen LogP contribution in [0.5, 0.6) is 0 Å². The van der Waals surface area contributed by atoms with Gasteiger partial charge in [0.1, 0.15) is 5.82 Å². The highest BCUT2D eigenvalue weighted by Gasteiger charge is 2.21. The predicted octanol–water partition coefficient (Wildman–Crippen LogP) is 3.22. The predicted molar refractivity (Wildman–Crippen MR) is 82.4 cm³/mol. The lowest BCUT2D eigenvalue weighted by molar-refractivity contribution is 0.556. The van der Waals surface area contributed by atoms with Crippen LogP contribution in [-0.2, 0) is 0 Å². The van der Waals surface area contributed by atoms with Gasteiger partial charge in [0.05, 0.1) is 17.7 Å². The molecule has 0 radical (unpaired) electrons. The number of halogens is 1. The maximum atomic E-state index is 13.1. The van der Waals surface area contributed by atoms with Gasteiger partial charge in [-0.1, -0.05) is 12.1 Å². The molecule has 0 amide bonds. The fourth-order valence-electron chi connectivity index (χ4n) is 2.47. The van der Waals surface area contributed by atoms with E-state index in [-0.39, 0.29) is 17.9 Å². The van der Waals surface area contributed by atoms with Crippen LogP contribution in [0.4, 0.5) is 10.1 Å². The molecule has 2 N–H and O–H groups in total. The smallest absolute Gasteiger partial charge is 0.123 e. The van der Waals surface area contributed by atoms with Crippen LogP contribution in [0, 0.1) is 17.1 Å². The van der Waals surface area contributed by atoms with E-state index in [0.29, 0.717) is 5.56 Å². The summed E-state index contributed by atoms with van der Waals surface area (Å²) in [6, 6.07) is 15.6. The van der Waals surface area contributed by atoms with E-state index < -0.39 is 0 Å². The van der Waals surface area contributed by atoms with Gasteiger partial charge in [0, 0.05) is 18.8 Å². The molecule has 4 heteroatoms. The van der Waals surface area contributed by atoms with E-state index in [1.54, 1.807) is 24.3 Å². The molecule has 2 aromatic carbocycles. The molecule has 0 aliphatic rings. The maximum Gasteiger partial charge on any atom is 0.123 e. The minimum absolute atomic E-state index is 0.0708. The number of benzene rings is 2. The van der Waals surface area contributed by atoms with E-state index in [0.717, 1.165) is 11.3 Å². The summed E-state index contributed by atoms with van der Waals surface area (Å²) in [6.07, 6.45) is 0. The number of hydrogen-bond donors (Lipinski definition) is 1. The summed E-state index contributed by atoms with van der Waals surface area (Å²) >= 11 is 0. The molecule has 0 heterocycles. The first-order valence-corrected chi connectivity index (χ1v) is 6.77. The largest absolute Gasteiger partial charge is 0.366 e. The third-order valence-corrected chi connectivity index (χ3v) is 3.53. The van der Waals surface area contributed by atoms with Crippen LogP contribution < -0.4 is 10.6 Å². The average molecular weight is 283 g/mol. The third kappa shape index (κ3) is 3.39. The van der Waals surface area contributed by atoms with Gasteiger partial charge >= 0.3 is 0 Å². The van der Waals surface area contributed by atoms with Crippen molar-refractivity contribution in [2.45, 2.75) is 19.0 Å². The van der Waals surface area contributed by atoms with Crippen molar-refractivity contribution in [2.24, 2.45) is 5.73 Å². The van der Waals surface area contributed by atoms with Crippen LogP contribution in [0.1, 0.15) is 24.1 Å². The van der Waals surface area contributed by atoms with Crippen LogP contribution in [0.25, 0.3) is 0 Å². The number of anilines is 1. The number of rotatable bonds is 4. The summed E-state index contributed by atoms with van der Waals surface area (Å²) < 4.78 is 13.1. The van der Waals surface area contributed by atoms with Crippen LogP contribution in [-0.4, -0.2) is 13.1 Å². The number of nitrogens with two attached hydrogens (primary N) is 1. The second-order valence-electron chi connectivity index (χ2n) is 5.13. The van der Waals surface area contributed by atoms with E-state index in [1.807, 2.05) is 31.0 Å². The molecule has 0 saturated heterocycles. The highest BCUT2D eigenvalue weighted by atomic mass is 19.1. The van der Waals surface area contributed by atoms with Crippen molar-refractivity contribution in [1.82, 2.24) is 0 Å². The van der Waals surface area contributed by atoms with Crippen molar-refractivity contribution in [3.05, 3.63) is 65.5 Å². The van der Waals surface area contributed by atoms with E-state index in [2.05, 4.69) is 6.07 Å². The lowest BCUT2D eigenvalue weighted by atomic mass is 9.99. The quantitative estimate of drug-likeness (QED) is 0.937. The Balaban J connectivity index is 2.33. The summed E-state index contributed by atoms with van der Waals surface area (Å²) in [7, 11) is 1.94. The molecule has 0 aliphatic carbocycles. The van der Waals surface area contributed by atoms with Gasteiger partial charge in [0.25, 0.3) is 0 Å². The third-order valence-electron chi connectivity index (χ3n) is 3.53. The Morgan fingerprint density at radius 1 is 1.10 bits per heavy atom. The van der Waals surface area contributed by atoms with Crippen LogP contribution in [0.2, 0.25) is 0 Å². The van der Waals surface area contributed by atoms with Gasteiger partial charge in [-0.2, -0.15) is 5.26 Å². The summed E-state index contributed by atoms with van der Waals surface area (Å²) in [4.78, 5) is 2.04. The van der Waals surface area contributed by atoms with Crippen molar-refractivity contribution in [1.29, 1.82) is 5.26 Å². The van der Waals surface area contributed by atoms with Crippen LogP contribution >= 0.6 is 0 Å². The lowest BCUT2D eigenvalue weighted by Crippen LogP contribution is -2.37. The van der Waals surface area contributed by atoms with Crippen LogP contribution in [0.15, 0.2) is 48.5 Å². The standard InChI is InChI=1S/C17H18FN3/c1-12(20)17(14-5-7-15(18)8-6-14)21(2)16-9-3-13(11-19)4-10-16/h3-10,12,17H,20H2,1-2H3. The summed E-state index contributed by atoms with van der Waals surface area (Å²) in [5.41, 5.74) is 8.65. The molecule has 2 rings (SSSR count). The Bertz CT molecular complexity index is 627. The van der Waals surface area contributed by atoms with Crippen molar-refractivity contribution < 1.29 is 4.39 Å². The number of nitriles is 1. The minimum Gasteiger partial charge on any atom is -0.366 e. The van der Waals surface area contributed by atoms with Crippen LogP contribution in [0.3, 0.4) is 0 Å². The van der Waals surface area contributed by atoms with E-state index in [4.69, 9.17) is 11.0 Å². The Hall–Kier alpha value is -2.38. The van der Waals surface area contributed by atoms with E-state index >= 15 is 0 Å². The molecule has 2 atom stereocenters. The summed E-state index contributed by atoms with van der Waals surface area (Å²) in [5, 5.41) is 8.85. The topological polar surface area (TPSA) is 53.0 Å². The number of hydrogen-bond acceptors (Lipinski definition) is 3. The Kier molecular flexibility index (Phi) is 4.56. The van der Waals surface area contributed by atoms with Crippen molar-refractivity contribution in [2.75, 3.05) is 11.9 Å². The monoisotopic (exact) mass is 283 g/mol. The molecule has 2 aromatic rings. The molecule has 3 nitrogen and oxygen atoms in total. The molecular weight excluding hydrogens is 265 g/mol. The minimum atomic E-state index is -0.261. The molecule has 0 fully saturated rings. The zero-order chi connectivity index (χ0) is 15.4. The van der Waals surface area contributed by atoms with Gasteiger partial charge < -0.3 is 10.6 Å². The molecule has 0 saturated carbocycles. The first-order valence-electron chi connectivity index (χ1n) is 6.77. The highest BCUT2D eigenvalue weighted by molar-refractivity contribution is 5.51. The average Bonchev–Trinajstić information content (AvgIpc) is 2.49. The van der Waals surface area contributed by atoms with Gasteiger partial charge in [-0.15, -0.1) is 0 Å². The molecule has 0 aliphatic heterocycles. The molecule has 0 aromatic heterocycles. The summed E-state index contributed by atoms with van der Waals surface area (Å²) in [5.74, 6) is -0.261. The van der Waals surface area contributed by atoms with E-state index in [9.17, 15) is 4.39 Å². The zero-order valence-electron chi connectivity index (χ0n) is 12.1. The normalized spacial score (nSPS) is 13.3. The summed E-state index contributed by atoms with van der Waals surface area (Å²) in [6.45, 7) is 1.92. The second kappa shape index (κ2) is 6.38. The molecule has 0 bridgehead atoms. The van der Waals surface area contributed by atoms with Crippen molar-refractivity contribution in [3.63, 3.8) is 0 Å². The van der Waals surface area contributed by atoms with Crippen molar-refractivity contribution >= 4 is 5.69 Å². The first kappa shape index (κ1) is 15.0. The fraction of sp³-hybridized carbons (Fsp3) is 0.235. The zero-order valence-corrected chi connectivity index (χ0v) is 12.1. The molecule has 21 heavy (non-hydrogen) atoms. The van der Waals surface area contributed by atoms with Gasteiger partial charge in [-0.3, -0.25) is 0 Å². The van der Waals surface area contributed by atoms with Gasteiger partial charge in [0.15, 0.2) is 0 Å². The van der Waals surface area contributed by atoms with E-state index in [1.165, 1.54) is 12.1 Å². The van der Waals surface area contributed by atoms with Gasteiger partial charge in [0.2, 0.25) is 0 Å². The molecular formula is C17H18FN3. The maximum absolute atomic E-state index is 13.1. The second-order valence-corrected chi connectivity index (χ2v) is 5.13. The Labute approximate surface area is 124 Å². The Morgan fingerprint density at radius 2 is 1.67 bits per heavy atom. The van der Waals surface area contributed by atoms with Gasteiger partial charge in [-0.25, -0.2) is 4.39 Å². The van der Waals surface area contributed by atoms with Gasteiger partial charge in [-0.05, 0) is 48.9 Å². The number of likely N-dealkylation sites (N-methyl/N-ethyl adjacent to an activating group) is 1. The molecule has 2 unspecified atom stereocenters. The highest BCUT2D eigenvalue weighted by Crippen LogP contribution is 2.28. The molecule has 108 valence electrons. The lowest BCUT2D eigenvalue weighted by Gasteiger charge is -2.33. The number of nitrogens with zero attached hydrogens (tertiary/aromatic N) is 2. The molecule has 0 spiro atoms. The fourth-order valence-corrected chi connectivity index (χ4v) is 2.47. The Morgan fingerprint density at radius 3 is 2.14 bits per heavy atom. The van der Waals surface area contributed by atoms with Crippen molar-refractivity contribution in [3.8, 4) is 6.07 Å². The first-order chi connectivity index (χ1) is 10.0. The SMILES string of the molecule is CC(N)C(c1ccc(F)cc1)N(C)c1ccc(C#N)cc1.